The molecule has 5 rings (SSSR count). The van der Waals surface area contributed by atoms with Gasteiger partial charge >= 0.3 is 0 Å². The molecule has 1 fully saturated rings. The topological polar surface area (TPSA) is 41.9 Å². The summed E-state index contributed by atoms with van der Waals surface area (Å²) in [5.41, 5.74) is -0.863. The van der Waals surface area contributed by atoms with Crippen LogP contribution < -0.4 is 9.47 Å². The van der Waals surface area contributed by atoms with Crippen molar-refractivity contribution >= 4 is 0 Å². The highest BCUT2D eigenvalue weighted by molar-refractivity contribution is 5.62. The lowest BCUT2D eigenvalue weighted by Crippen LogP contribution is -2.64. The number of likely N-dealkylation sites (tertiary alicyclic amines) is 1. The van der Waals surface area contributed by atoms with Gasteiger partial charge in [0.15, 0.2) is 11.5 Å². The lowest BCUT2D eigenvalue weighted by molar-refractivity contribution is -0.0453. The first-order valence-electron chi connectivity index (χ1n) is 12.7. The van der Waals surface area contributed by atoms with Crippen LogP contribution in [0.3, 0.4) is 0 Å². The van der Waals surface area contributed by atoms with Crippen LogP contribution in [0, 0.1) is 5.89 Å². The van der Waals surface area contributed by atoms with Gasteiger partial charge in [-0.25, -0.2) is 0 Å². The van der Waals surface area contributed by atoms with E-state index in [1.54, 1.807) is 0 Å². The quantitative estimate of drug-likeness (QED) is 0.841. The van der Waals surface area contributed by atoms with Gasteiger partial charge in [0.05, 0.1) is 15.3 Å². The highest BCUT2D eigenvalue weighted by Crippen LogP contribution is 2.62. The average molecular weight is 310 g/mol. The van der Waals surface area contributed by atoms with Gasteiger partial charge in [-0.05, 0) is 38.0 Å². The van der Waals surface area contributed by atoms with Gasteiger partial charge in [0.2, 0.25) is 1.43 Å². The zero-order valence-electron chi connectivity index (χ0n) is 22.6. The average Bonchev–Trinajstić information content (AvgIpc) is 3.03. The van der Waals surface area contributed by atoms with E-state index in [0.29, 0.717) is 0 Å². The Labute approximate surface area is 145 Å². The van der Waals surface area contributed by atoms with E-state index < -0.39 is 55.3 Å². The molecule has 1 aromatic carbocycles. The van der Waals surface area contributed by atoms with Crippen LogP contribution in [0.4, 0.5) is 0 Å². The molecule has 4 aliphatic rings. The number of hydrogen-bond acceptors (Lipinski definition) is 4. The predicted molar refractivity (Wildman–Crippen MR) is 82.5 cm³/mol. The lowest BCUT2D eigenvalue weighted by Gasteiger charge is -2.56. The highest BCUT2D eigenvalue weighted by Gasteiger charge is 2.64. The second kappa shape index (κ2) is 4.06. The van der Waals surface area contributed by atoms with E-state index in [0.717, 1.165) is 0 Å². The summed E-state index contributed by atoms with van der Waals surface area (Å²) in [5, 5.41) is 4.71. The van der Waals surface area contributed by atoms with E-state index in [9.17, 15) is 1.37 Å². The molecule has 1 spiro atoms. The molecule has 2 bridgehead atoms. The normalized spacial score (nSPS) is 56.1. The zero-order chi connectivity index (χ0) is 24.4. The predicted octanol–water partition coefficient (Wildman–Crippen LogP) is 1.50. The van der Waals surface area contributed by atoms with Crippen molar-refractivity contribution in [3.63, 3.8) is 0 Å². The van der Waals surface area contributed by atoms with Gasteiger partial charge in [-0.3, -0.25) is 0 Å². The Morgan fingerprint density at radius 2 is 2.59 bits per heavy atom. The second-order valence-electron chi connectivity index (χ2n) is 6.19. The van der Waals surface area contributed by atoms with Crippen LogP contribution >= 0.6 is 0 Å². The highest BCUT2D eigenvalue weighted by atomic mass is 16.5. The van der Waals surface area contributed by atoms with Crippen molar-refractivity contribution in [1.82, 2.24) is 4.90 Å². The van der Waals surface area contributed by atoms with Crippen molar-refractivity contribution in [2.75, 3.05) is 20.6 Å². The first-order chi connectivity index (χ1) is 15.1. The molecule has 1 N–H and O–H groups in total. The molecule has 2 aliphatic carbocycles. The maximum atomic E-state index is 9.50. The minimum atomic E-state index is -2.95. The molecular formula is C18H21NO3. The van der Waals surface area contributed by atoms with Gasteiger partial charge in [0.1, 0.15) is 12.2 Å². The Hall–Kier alpha value is -1.52. The number of aliphatic hydroxyl groups is 1. The Morgan fingerprint density at radius 3 is 3.45 bits per heavy atom. The summed E-state index contributed by atoms with van der Waals surface area (Å²) in [6, 6.07) is -1.82. The number of benzene rings is 1. The van der Waals surface area contributed by atoms with E-state index >= 15 is 0 Å². The van der Waals surface area contributed by atoms with Gasteiger partial charge < -0.3 is 19.5 Å². The van der Waals surface area contributed by atoms with E-state index in [1.807, 2.05) is 0 Å². The van der Waals surface area contributed by atoms with Crippen LogP contribution in [0.15, 0.2) is 24.2 Å². The summed E-state index contributed by atoms with van der Waals surface area (Å²) >= 11 is 0. The Balaban J connectivity index is 1.85. The minimum Gasteiger partial charge on any atom is -0.493 e. The fourth-order valence-electron chi connectivity index (χ4n) is 4.51. The maximum Gasteiger partial charge on any atom is 0.211 e. The first kappa shape index (κ1) is 6.17. The number of piperidine rings is 1. The summed E-state index contributed by atoms with van der Waals surface area (Å²) in [4.78, 5) is 1.22. The van der Waals surface area contributed by atoms with Crippen LogP contribution in [0.1, 0.15) is 31.3 Å². The Morgan fingerprint density at radius 1 is 1.59 bits per heavy atom. The fourth-order valence-corrected chi connectivity index (χ4v) is 4.51. The van der Waals surface area contributed by atoms with Crippen molar-refractivity contribution < 1.29 is 28.3 Å². The van der Waals surface area contributed by atoms with Crippen molar-refractivity contribution in [2.45, 2.75) is 36.5 Å². The molecule has 2 heterocycles. The third-order valence-electron chi connectivity index (χ3n) is 5.37. The number of rotatable bonds is 2. The third kappa shape index (κ3) is 1.28. The molecule has 1 aromatic rings. The number of likely N-dealkylation sites (N-methyl/N-ethyl adjacent to an activating group) is 1. The Kier molecular flexibility index (Phi) is 1.14. The number of methoxy groups -OCH3 is 1. The first-order valence-corrected chi connectivity index (χ1v) is 7.24. The molecule has 5 atom stereocenters. The molecule has 2 aliphatic heterocycles. The van der Waals surface area contributed by atoms with Crippen LogP contribution in [-0.4, -0.2) is 50.2 Å². The smallest absolute Gasteiger partial charge is 0.211 e. The van der Waals surface area contributed by atoms with E-state index in [4.69, 9.17) is 28.4 Å². The minimum absolute atomic E-state index is 0.0217. The largest absolute Gasteiger partial charge is 0.493 e. The molecule has 0 radical (unpaired) electrons. The van der Waals surface area contributed by atoms with Crippen LogP contribution in [-0.2, 0) is 11.8 Å². The molecule has 116 valence electrons. The summed E-state index contributed by atoms with van der Waals surface area (Å²) in [5.74, 6) is -2.28. The molecule has 22 heavy (non-hydrogen) atoms. The van der Waals surface area contributed by atoms with E-state index in [2.05, 4.69) is 0 Å². The van der Waals surface area contributed by atoms with Gasteiger partial charge in [0, 0.05) is 28.4 Å². The van der Waals surface area contributed by atoms with Crippen molar-refractivity contribution in [1.29, 1.82) is 1.43 Å². The summed E-state index contributed by atoms with van der Waals surface area (Å²) in [6.45, 7) is -2.50. The van der Waals surface area contributed by atoms with Crippen molar-refractivity contribution in [3.05, 3.63) is 35.4 Å². The molecule has 0 saturated carbocycles. The molecule has 4 nitrogen and oxygen atoms in total. The van der Waals surface area contributed by atoms with Crippen molar-refractivity contribution in [3.8, 4) is 11.5 Å². The fraction of sp³-hybridized carbons (Fsp3) is 0.556. The van der Waals surface area contributed by atoms with Gasteiger partial charge in [-0.1, -0.05) is 18.2 Å². The van der Waals surface area contributed by atoms with Crippen LogP contribution in [0.2, 0.25) is 0 Å². The zero-order valence-corrected chi connectivity index (χ0v) is 11.6. The molecule has 4 heteroatoms. The molecule has 0 aromatic heterocycles. The Bertz CT molecular complexity index is 1070. The van der Waals surface area contributed by atoms with Gasteiger partial charge in [-0.2, -0.15) is 0 Å². The van der Waals surface area contributed by atoms with Crippen LogP contribution in [0.5, 0.6) is 11.5 Å². The number of hydrogen-bond donors (Lipinski definition) is 1. The standard InChI is InChI=1S/C18H21NO3/c1-19-8-7-18-11-4-5-13(20)17(18)22-16-14(21-2)6-3-10(15(16)18)9-12(11)19/h3-6,11-13,17,20H,7-9H2,1-2H3/t11-,12+,13?,17?,18-/m0/s1/i1D3,2D3,3D,6D,11D,13D,20D. The monoisotopic (exact) mass is 310 g/mol. The van der Waals surface area contributed by atoms with Gasteiger partial charge in [-0.15, -0.1) is 0 Å². The lowest BCUT2D eigenvalue weighted by atomic mass is 9.53. The van der Waals surface area contributed by atoms with Crippen LogP contribution in [0.25, 0.3) is 0 Å². The summed E-state index contributed by atoms with van der Waals surface area (Å²) in [6.07, 6.45) is -0.882. The second-order valence-corrected chi connectivity index (χ2v) is 6.19. The molecule has 1 saturated heterocycles. The molecular weight excluding hydrogens is 278 g/mol. The summed E-state index contributed by atoms with van der Waals surface area (Å²) in [7, 11) is -2.95. The molecule has 2 unspecified atom stereocenters. The van der Waals surface area contributed by atoms with E-state index in [-0.39, 0.29) is 42.3 Å². The number of ether oxygens (including phenoxy) is 2. The number of nitrogens with zero attached hydrogens (tertiary/aromatic N) is 1. The maximum absolute atomic E-state index is 9.50. The third-order valence-corrected chi connectivity index (χ3v) is 5.37. The molecule has 0 amide bonds. The van der Waals surface area contributed by atoms with Crippen molar-refractivity contribution in [2.24, 2.45) is 5.89 Å². The van der Waals surface area contributed by atoms with Gasteiger partial charge in [0.25, 0.3) is 0 Å². The summed E-state index contributed by atoms with van der Waals surface area (Å²) < 4.78 is 100. The SMILES string of the molecule is [2H]OC1([2H])C=C[C@@]2([2H])[C@H]3Cc4c([2H])c([2H])c(OC([2H])([2H])[2H])c5c4[C@@]2(CCN3C([2H])([2H])[2H])C1O5. The van der Waals surface area contributed by atoms with E-state index in [1.165, 1.54) is 17.1 Å².